The third-order valence-electron chi connectivity index (χ3n) is 7.91. The van der Waals surface area contributed by atoms with Crippen molar-refractivity contribution in [3.05, 3.63) is 113 Å². The first kappa shape index (κ1) is 32.3. The molecule has 0 spiro atoms. The van der Waals surface area contributed by atoms with Crippen molar-refractivity contribution in [1.82, 2.24) is 5.32 Å². The van der Waals surface area contributed by atoms with E-state index < -0.39 is 9.84 Å². The molecule has 0 atom stereocenters. The summed E-state index contributed by atoms with van der Waals surface area (Å²) in [5.41, 5.74) is 9.79. The van der Waals surface area contributed by atoms with Gasteiger partial charge in [-0.3, -0.25) is 0 Å². The minimum atomic E-state index is -3.61. The van der Waals surface area contributed by atoms with Crippen molar-refractivity contribution in [1.29, 1.82) is 0 Å². The summed E-state index contributed by atoms with van der Waals surface area (Å²) >= 11 is 0. The molecule has 0 aromatic heterocycles. The molecule has 0 heterocycles. The van der Waals surface area contributed by atoms with E-state index in [1.54, 1.807) is 55.6 Å². The third kappa shape index (κ3) is 8.25. The van der Waals surface area contributed by atoms with Crippen LogP contribution in [0.3, 0.4) is 0 Å². The minimum Gasteiger partial charge on any atom is -0.497 e. The highest BCUT2D eigenvalue weighted by molar-refractivity contribution is 7.91. The Bertz CT molecular complexity index is 1560. The van der Waals surface area contributed by atoms with Crippen molar-refractivity contribution >= 4 is 9.84 Å². The van der Waals surface area contributed by atoms with E-state index in [-0.39, 0.29) is 15.2 Å². The first-order valence-corrected chi connectivity index (χ1v) is 16.4. The molecule has 0 amide bonds. The molecule has 0 aliphatic carbocycles. The van der Waals surface area contributed by atoms with Gasteiger partial charge in [0.2, 0.25) is 9.84 Å². The number of unbranched alkanes of at least 4 members (excludes halogenated alkanes) is 3. The molecule has 0 fully saturated rings. The quantitative estimate of drug-likeness (QED) is 0.137. The Kier molecular flexibility index (Phi) is 11.0. The van der Waals surface area contributed by atoms with Crippen molar-refractivity contribution in [2.45, 2.75) is 68.2 Å². The third-order valence-corrected chi connectivity index (χ3v) is 9.70. The van der Waals surface area contributed by atoms with Gasteiger partial charge in [-0.25, -0.2) is 8.42 Å². The second-order valence-electron chi connectivity index (χ2n) is 11.4. The summed E-state index contributed by atoms with van der Waals surface area (Å²) in [7, 11) is -1.94. The van der Waals surface area contributed by atoms with Gasteiger partial charge in [-0.2, -0.15) is 0 Å². The summed E-state index contributed by atoms with van der Waals surface area (Å²) in [4.78, 5) is 0.509. The lowest BCUT2D eigenvalue weighted by Gasteiger charge is -2.27. The molecule has 4 aromatic rings. The second-order valence-corrected chi connectivity index (χ2v) is 13.4. The van der Waals surface area contributed by atoms with E-state index in [1.165, 1.54) is 11.1 Å². The van der Waals surface area contributed by atoms with E-state index in [9.17, 15) is 8.42 Å². The average molecular weight is 601 g/mol. The number of sulfone groups is 1. The lowest BCUT2D eigenvalue weighted by atomic mass is 9.77. The van der Waals surface area contributed by atoms with Crippen molar-refractivity contribution in [2.24, 2.45) is 5.73 Å². The highest BCUT2D eigenvalue weighted by Crippen LogP contribution is 2.36. The van der Waals surface area contributed by atoms with Crippen LogP contribution in [0.25, 0.3) is 0 Å². The molecule has 0 saturated carbocycles. The maximum absolute atomic E-state index is 13.1. The van der Waals surface area contributed by atoms with Crippen LogP contribution in [0, 0.1) is 6.92 Å². The summed E-state index contributed by atoms with van der Waals surface area (Å²) < 4.78 is 37.9. The molecule has 0 radical (unpaired) electrons. The highest BCUT2D eigenvalue weighted by Gasteiger charge is 2.25. The van der Waals surface area contributed by atoms with Gasteiger partial charge >= 0.3 is 0 Å². The van der Waals surface area contributed by atoms with Crippen LogP contribution in [-0.2, 0) is 21.8 Å². The number of rotatable bonds is 15. The molecule has 43 heavy (non-hydrogen) atoms. The monoisotopic (exact) mass is 600 g/mol. The van der Waals surface area contributed by atoms with Gasteiger partial charge in [0, 0.05) is 17.5 Å². The zero-order valence-electron chi connectivity index (χ0n) is 25.7. The zero-order chi connectivity index (χ0) is 30.9. The SMILES string of the molecule is COc1ccc(C(C)(C)c2ccc(Oc3ccc(S(=O)(=O)c4ccc(C)cc4)cc3)c(CNCCCCCCN)c2)cc1. The Morgan fingerprint density at radius 3 is 1.95 bits per heavy atom. The van der Waals surface area contributed by atoms with Crippen molar-refractivity contribution < 1.29 is 17.9 Å². The number of ether oxygens (including phenoxy) is 2. The largest absolute Gasteiger partial charge is 0.497 e. The fourth-order valence-electron chi connectivity index (χ4n) is 5.02. The van der Waals surface area contributed by atoms with Gasteiger partial charge in [0.25, 0.3) is 0 Å². The standard InChI is InChI=1S/C36H44N2O4S/c1-27-9-18-33(19-10-27)43(39,40)34-20-16-32(17-21-34)42-35-22-13-30(25-28(35)26-38-24-8-6-5-7-23-37)36(2,3)29-11-14-31(41-4)15-12-29/h9-22,25,38H,5-8,23-24,26,37H2,1-4H3. The second kappa shape index (κ2) is 14.7. The number of hydrogen-bond acceptors (Lipinski definition) is 6. The molecule has 7 heteroatoms. The van der Waals surface area contributed by atoms with Gasteiger partial charge in [0.1, 0.15) is 17.2 Å². The van der Waals surface area contributed by atoms with Gasteiger partial charge in [-0.1, -0.05) is 62.6 Å². The van der Waals surface area contributed by atoms with E-state index in [1.807, 2.05) is 25.1 Å². The number of nitrogens with two attached hydrogens (primary N) is 1. The molecule has 0 aliphatic rings. The lowest BCUT2D eigenvalue weighted by Crippen LogP contribution is -2.20. The van der Waals surface area contributed by atoms with Crippen LogP contribution in [0.2, 0.25) is 0 Å². The van der Waals surface area contributed by atoms with Gasteiger partial charge in [0.15, 0.2) is 0 Å². The van der Waals surface area contributed by atoms with Crippen molar-refractivity contribution in [3.8, 4) is 17.2 Å². The maximum atomic E-state index is 13.1. The number of hydrogen-bond donors (Lipinski definition) is 2. The summed E-state index contributed by atoms with van der Waals surface area (Å²) in [5, 5.41) is 3.58. The Hall–Kier alpha value is -3.65. The smallest absolute Gasteiger partial charge is 0.206 e. The van der Waals surface area contributed by atoms with Crippen LogP contribution in [-0.4, -0.2) is 28.6 Å². The predicted octanol–water partition coefficient (Wildman–Crippen LogP) is 7.56. The van der Waals surface area contributed by atoms with Crippen molar-refractivity contribution in [3.63, 3.8) is 0 Å². The van der Waals surface area contributed by atoms with E-state index in [0.717, 1.165) is 61.4 Å². The van der Waals surface area contributed by atoms with Gasteiger partial charge < -0.3 is 20.5 Å². The first-order chi connectivity index (χ1) is 20.6. The number of nitrogens with one attached hydrogen (secondary N) is 1. The molecule has 0 saturated heterocycles. The van der Waals surface area contributed by atoms with E-state index >= 15 is 0 Å². The van der Waals surface area contributed by atoms with Gasteiger partial charge in [0.05, 0.1) is 16.9 Å². The topological polar surface area (TPSA) is 90.6 Å². The van der Waals surface area contributed by atoms with E-state index in [0.29, 0.717) is 12.3 Å². The molecule has 3 N–H and O–H groups in total. The van der Waals surface area contributed by atoms with Gasteiger partial charge in [-0.05, 0) is 105 Å². The zero-order valence-corrected chi connectivity index (χ0v) is 26.5. The first-order valence-electron chi connectivity index (χ1n) is 14.9. The fourth-order valence-corrected chi connectivity index (χ4v) is 6.28. The molecule has 0 bridgehead atoms. The Balaban J connectivity index is 1.56. The molecular weight excluding hydrogens is 556 g/mol. The van der Waals surface area contributed by atoms with Crippen LogP contribution in [0.4, 0.5) is 0 Å². The molecule has 6 nitrogen and oxygen atoms in total. The van der Waals surface area contributed by atoms with Crippen LogP contribution in [0.15, 0.2) is 101 Å². The Labute approximate surface area is 257 Å². The van der Waals surface area contributed by atoms with E-state index in [2.05, 4.69) is 43.4 Å². The molecule has 228 valence electrons. The van der Waals surface area contributed by atoms with Crippen LogP contribution in [0.5, 0.6) is 17.2 Å². The van der Waals surface area contributed by atoms with Crippen molar-refractivity contribution in [2.75, 3.05) is 20.2 Å². The highest BCUT2D eigenvalue weighted by atomic mass is 32.2. The lowest BCUT2D eigenvalue weighted by molar-refractivity contribution is 0.414. The van der Waals surface area contributed by atoms with Crippen LogP contribution in [0.1, 0.15) is 61.8 Å². The van der Waals surface area contributed by atoms with Crippen LogP contribution >= 0.6 is 0 Å². The molecule has 0 unspecified atom stereocenters. The Morgan fingerprint density at radius 2 is 1.33 bits per heavy atom. The maximum Gasteiger partial charge on any atom is 0.206 e. The number of aryl methyl sites for hydroxylation is 1. The fraction of sp³-hybridized carbons (Fsp3) is 0.333. The van der Waals surface area contributed by atoms with E-state index in [4.69, 9.17) is 15.2 Å². The summed E-state index contributed by atoms with van der Waals surface area (Å²) in [5.74, 6) is 2.14. The molecule has 4 aromatic carbocycles. The molecular formula is C36H44N2O4S. The average Bonchev–Trinajstić information content (AvgIpc) is 3.01. The number of methoxy groups -OCH3 is 1. The van der Waals surface area contributed by atoms with Gasteiger partial charge in [-0.15, -0.1) is 0 Å². The Morgan fingerprint density at radius 1 is 0.744 bits per heavy atom. The minimum absolute atomic E-state index is 0.233. The summed E-state index contributed by atoms with van der Waals surface area (Å²) in [6, 6.07) is 28.0. The summed E-state index contributed by atoms with van der Waals surface area (Å²) in [6.45, 7) is 8.66. The normalized spacial score (nSPS) is 11.8. The van der Waals surface area contributed by atoms with Crippen LogP contribution < -0.4 is 20.5 Å². The molecule has 0 aliphatic heterocycles. The number of benzene rings is 4. The molecule has 4 rings (SSSR count). The summed E-state index contributed by atoms with van der Waals surface area (Å²) in [6.07, 6.45) is 4.44. The predicted molar refractivity (Wildman–Crippen MR) is 174 cm³/mol.